The number of aryl methyl sites for hydroxylation is 1. The number of oxazole rings is 1. The summed E-state index contributed by atoms with van der Waals surface area (Å²) in [5.41, 5.74) is 0.0368. The van der Waals surface area contributed by atoms with Crippen molar-refractivity contribution in [2.75, 3.05) is 6.54 Å². The van der Waals surface area contributed by atoms with Gasteiger partial charge in [0.15, 0.2) is 0 Å². The number of rotatable bonds is 4. The molecule has 1 N–H and O–H groups in total. The molecule has 0 aromatic carbocycles. The molecule has 0 aliphatic carbocycles. The van der Waals surface area contributed by atoms with Gasteiger partial charge in [0, 0.05) is 6.54 Å². The smallest absolute Gasteiger partial charge is 0.211 e. The molecule has 4 nitrogen and oxygen atoms in total. The third-order valence-corrected chi connectivity index (χ3v) is 3.22. The highest BCUT2D eigenvalue weighted by Gasteiger charge is 2.31. The van der Waals surface area contributed by atoms with Crippen LogP contribution in [-0.4, -0.2) is 23.2 Å². The molecule has 0 amide bonds. The molecule has 96 valence electrons. The van der Waals surface area contributed by atoms with E-state index in [0.29, 0.717) is 6.10 Å². The Labute approximate surface area is 103 Å². The number of hydrogen-bond acceptors (Lipinski definition) is 4. The van der Waals surface area contributed by atoms with Crippen molar-refractivity contribution in [3.05, 3.63) is 17.8 Å². The van der Waals surface area contributed by atoms with Crippen molar-refractivity contribution >= 4 is 0 Å². The Morgan fingerprint density at radius 3 is 2.88 bits per heavy atom. The van der Waals surface area contributed by atoms with Crippen molar-refractivity contribution in [2.45, 2.75) is 58.3 Å². The van der Waals surface area contributed by atoms with Gasteiger partial charge in [-0.15, -0.1) is 0 Å². The van der Waals surface area contributed by atoms with E-state index in [2.05, 4.69) is 31.1 Å². The number of nitrogens with zero attached hydrogens (tertiary/aromatic N) is 1. The van der Waals surface area contributed by atoms with Crippen LogP contribution in [0.3, 0.4) is 0 Å². The molecule has 1 aromatic rings. The van der Waals surface area contributed by atoms with Crippen molar-refractivity contribution in [3.63, 3.8) is 0 Å². The Balaban J connectivity index is 1.79. The topological polar surface area (TPSA) is 47.3 Å². The van der Waals surface area contributed by atoms with E-state index in [1.54, 1.807) is 6.20 Å². The number of hydrogen-bond donors (Lipinski definition) is 1. The Kier molecular flexibility index (Phi) is 3.54. The molecule has 0 spiro atoms. The average molecular weight is 238 g/mol. The lowest BCUT2D eigenvalue weighted by molar-refractivity contribution is -0.0152. The molecule has 0 radical (unpaired) electrons. The Bertz CT molecular complexity index is 373. The van der Waals surface area contributed by atoms with Crippen molar-refractivity contribution in [2.24, 2.45) is 0 Å². The van der Waals surface area contributed by atoms with Crippen LogP contribution in [0.15, 0.2) is 10.6 Å². The molecule has 2 atom stereocenters. The number of ether oxygens (including phenoxy) is 1. The zero-order chi connectivity index (χ0) is 12.5. The van der Waals surface area contributed by atoms with Crippen LogP contribution in [0.25, 0.3) is 0 Å². The van der Waals surface area contributed by atoms with E-state index in [9.17, 15) is 0 Å². The van der Waals surface area contributed by atoms with Gasteiger partial charge >= 0.3 is 0 Å². The molecular weight excluding hydrogens is 216 g/mol. The van der Waals surface area contributed by atoms with Gasteiger partial charge < -0.3 is 14.5 Å². The van der Waals surface area contributed by atoms with E-state index in [-0.39, 0.29) is 11.6 Å². The summed E-state index contributed by atoms with van der Waals surface area (Å²) in [6.07, 6.45) is 4.31. The normalized spacial score (nSPS) is 25.1. The molecule has 4 heteroatoms. The number of nitrogens with one attached hydrogen (secondary N) is 1. The second kappa shape index (κ2) is 4.78. The van der Waals surface area contributed by atoms with Gasteiger partial charge in [0.05, 0.1) is 23.9 Å². The lowest BCUT2D eigenvalue weighted by Crippen LogP contribution is -2.31. The van der Waals surface area contributed by atoms with E-state index in [4.69, 9.17) is 9.15 Å². The quantitative estimate of drug-likeness (QED) is 0.876. The van der Waals surface area contributed by atoms with Crippen LogP contribution in [0.5, 0.6) is 0 Å². The van der Waals surface area contributed by atoms with Gasteiger partial charge in [0.1, 0.15) is 5.76 Å². The van der Waals surface area contributed by atoms with Crippen molar-refractivity contribution in [1.29, 1.82) is 0 Å². The summed E-state index contributed by atoms with van der Waals surface area (Å²) in [5.74, 6) is 1.60. The van der Waals surface area contributed by atoms with E-state index < -0.39 is 0 Å². The molecule has 1 saturated heterocycles. The minimum atomic E-state index is 0.0368. The van der Waals surface area contributed by atoms with E-state index >= 15 is 0 Å². The van der Waals surface area contributed by atoms with Crippen LogP contribution in [-0.2, 0) is 4.74 Å². The van der Waals surface area contributed by atoms with E-state index in [1.165, 1.54) is 0 Å². The third-order valence-electron chi connectivity index (χ3n) is 3.22. The SMILES string of the molecule is Cc1cnc(C(C)NCC2CCC(C)(C)O2)o1. The molecule has 2 heterocycles. The summed E-state index contributed by atoms with van der Waals surface area (Å²) >= 11 is 0. The number of aromatic nitrogens is 1. The second-order valence-corrected chi connectivity index (χ2v) is 5.48. The summed E-state index contributed by atoms with van der Waals surface area (Å²) in [7, 11) is 0. The second-order valence-electron chi connectivity index (χ2n) is 5.48. The summed E-state index contributed by atoms with van der Waals surface area (Å²) in [5, 5.41) is 3.41. The van der Waals surface area contributed by atoms with Gasteiger partial charge in [-0.05, 0) is 40.5 Å². The fourth-order valence-electron chi connectivity index (χ4n) is 2.19. The lowest BCUT2D eigenvalue weighted by Gasteiger charge is -2.20. The maximum atomic E-state index is 5.93. The fourth-order valence-corrected chi connectivity index (χ4v) is 2.19. The predicted octanol–water partition coefficient (Wildman–Crippen LogP) is 2.59. The first-order valence-electron chi connectivity index (χ1n) is 6.30. The molecular formula is C13H22N2O2. The summed E-state index contributed by atoms with van der Waals surface area (Å²) in [6.45, 7) is 9.12. The van der Waals surface area contributed by atoms with E-state index in [1.807, 2.05) is 6.92 Å². The highest BCUT2D eigenvalue weighted by Crippen LogP contribution is 2.29. The minimum Gasteiger partial charge on any atom is -0.444 e. The van der Waals surface area contributed by atoms with Gasteiger partial charge in [-0.3, -0.25) is 0 Å². The lowest BCUT2D eigenvalue weighted by atomic mass is 10.1. The third kappa shape index (κ3) is 3.30. The molecule has 2 rings (SSSR count). The van der Waals surface area contributed by atoms with Crippen LogP contribution in [0.2, 0.25) is 0 Å². The molecule has 0 saturated carbocycles. The maximum Gasteiger partial charge on any atom is 0.211 e. The first-order chi connectivity index (χ1) is 7.96. The van der Waals surface area contributed by atoms with Crippen LogP contribution >= 0.6 is 0 Å². The zero-order valence-electron chi connectivity index (χ0n) is 11.1. The molecule has 2 unspecified atom stereocenters. The Hall–Kier alpha value is -0.870. The maximum absolute atomic E-state index is 5.93. The molecule has 17 heavy (non-hydrogen) atoms. The largest absolute Gasteiger partial charge is 0.444 e. The zero-order valence-corrected chi connectivity index (χ0v) is 11.1. The summed E-state index contributed by atoms with van der Waals surface area (Å²) < 4.78 is 11.4. The molecule has 1 fully saturated rings. The highest BCUT2D eigenvalue weighted by atomic mass is 16.5. The summed E-state index contributed by atoms with van der Waals surface area (Å²) in [4.78, 5) is 4.22. The van der Waals surface area contributed by atoms with Crippen LogP contribution in [0.4, 0.5) is 0 Å². The first kappa shape index (κ1) is 12.6. The van der Waals surface area contributed by atoms with Crippen LogP contribution < -0.4 is 5.32 Å². The minimum absolute atomic E-state index is 0.0368. The van der Waals surface area contributed by atoms with Crippen LogP contribution in [0.1, 0.15) is 51.3 Å². The molecule has 1 aliphatic heterocycles. The van der Waals surface area contributed by atoms with Crippen molar-refractivity contribution in [1.82, 2.24) is 10.3 Å². The Morgan fingerprint density at radius 1 is 1.59 bits per heavy atom. The van der Waals surface area contributed by atoms with Crippen molar-refractivity contribution in [3.8, 4) is 0 Å². The van der Waals surface area contributed by atoms with Gasteiger partial charge in [0.25, 0.3) is 0 Å². The van der Waals surface area contributed by atoms with E-state index in [0.717, 1.165) is 31.0 Å². The standard InChI is InChI=1S/C13H22N2O2/c1-9-7-15-12(16-9)10(2)14-8-11-5-6-13(3,4)17-11/h7,10-11,14H,5-6,8H2,1-4H3. The summed E-state index contributed by atoms with van der Waals surface area (Å²) in [6, 6.07) is 0.135. The Morgan fingerprint density at radius 2 is 2.35 bits per heavy atom. The van der Waals surface area contributed by atoms with Gasteiger partial charge in [0.2, 0.25) is 5.89 Å². The predicted molar refractivity (Wildman–Crippen MR) is 65.8 cm³/mol. The molecule has 0 bridgehead atoms. The first-order valence-corrected chi connectivity index (χ1v) is 6.30. The fraction of sp³-hybridized carbons (Fsp3) is 0.769. The molecule has 1 aromatic heterocycles. The van der Waals surface area contributed by atoms with Gasteiger partial charge in [-0.1, -0.05) is 0 Å². The van der Waals surface area contributed by atoms with Gasteiger partial charge in [-0.25, -0.2) is 4.98 Å². The van der Waals surface area contributed by atoms with Crippen LogP contribution in [0, 0.1) is 6.92 Å². The van der Waals surface area contributed by atoms with Gasteiger partial charge in [-0.2, -0.15) is 0 Å². The monoisotopic (exact) mass is 238 g/mol. The highest BCUT2D eigenvalue weighted by molar-refractivity contribution is 4.95. The molecule has 1 aliphatic rings. The van der Waals surface area contributed by atoms with Crippen molar-refractivity contribution < 1.29 is 9.15 Å². The average Bonchev–Trinajstić information content (AvgIpc) is 2.81.